The van der Waals surface area contributed by atoms with Crippen LogP contribution in [0.1, 0.15) is 12.8 Å². The molecular weight excluding hydrogens is 138 g/mol. The molecule has 66 valence electrons. The Morgan fingerprint density at radius 1 is 1.45 bits per heavy atom. The van der Waals surface area contributed by atoms with Gasteiger partial charge in [0, 0.05) is 12.6 Å². The molecule has 0 aromatic rings. The first-order chi connectivity index (χ1) is 5.43. The number of rotatable bonds is 4. The van der Waals surface area contributed by atoms with E-state index in [0.717, 1.165) is 19.1 Å². The van der Waals surface area contributed by atoms with Crippen LogP contribution < -0.4 is 16.0 Å². The van der Waals surface area contributed by atoms with Crippen molar-refractivity contribution in [2.45, 2.75) is 18.9 Å². The highest BCUT2D eigenvalue weighted by Crippen LogP contribution is 2.00. The zero-order chi connectivity index (χ0) is 7.94. The molecule has 11 heavy (non-hydrogen) atoms. The van der Waals surface area contributed by atoms with Crippen LogP contribution in [0.5, 0.6) is 0 Å². The van der Waals surface area contributed by atoms with Gasteiger partial charge in [0.05, 0.1) is 6.54 Å². The minimum Gasteiger partial charge on any atom is -0.478 e. The van der Waals surface area contributed by atoms with Crippen LogP contribution in [0.3, 0.4) is 0 Å². The highest BCUT2D eigenvalue weighted by Gasteiger charge is 2.10. The molecule has 1 fully saturated rings. The molecule has 0 aliphatic carbocycles. The van der Waals surface area contributed by atoms with E-state index in [1.54, 1.807) is 0 Å². The SMILES string of the molecule is [CH2-][NH2+]CCNC1CCNCC1. The number of hydrogen-bond donors (Lipinski definition) is 3. The second kappa shape index (κ2) is 5.52. The number of nitrogens with two attached hydrogens (primary N) is 1. The summed E-state index contributed by atoms with van der Waals surface area (Å²) < 4.78 is 0. The summed E-state index contributed by atoms with van der Waals surface area (Å²) in [4.78, 5) is 0. The van der Waals surface area contributed by atoms with Crippen molar-refractivity contribution in [2.24, 2.45) is 0 Å². The number of hydrogen-bond acceptors (Lipinski definition) is 2. The van der Waals surface area contributed by atoms with Crippen LogP contribution >= 0.6 is 0 Å². The van der Waals surface area contributed by atoms with Gasteiger partial charge in [-0.05, 0) is 25.9 Å². The molecule has 0 atom stereocenters. The Morgan fingerprint density at radius 2 is 2.18 bits per heavy atom. The summed E-state index contributed by atoms with van der Waals surface area (Å²) in [6, 6.07) is 0.746. The highest BCUT2D eigenvalue weighted by atomic mass is 15.0. The van der Waals surface area contributed by atoms with Gasteiger partial charge in [-0.25, -0.2) is 0 Å². The molecule has 0 radical (unpaired) electrons. The molecule has 1 heterocycles. The number of quaternary nitrogens is 1. The van der Waals surface area contributed by atoms with Crippen molar-refractivity contribution in [3.8, 4) is 0 Å². The Morgan fingerprint density at radius 3 is 2.82 bits per heavy atom. The first-order valence-corrected chi connectivity index (χ1v) is 4.48. The van der Waals surface area contributed by atoms with Gasteiger partial charge in [0.15, 0.2) is 0 Å². The molecular formula is C8H19N3. The van der Waals surface area contributed by atoms with Crippen molar-refractivity contribution in [1.82, 2.24) is 10.6 Å². The lowest BCUT2D eigenvalue weighted by Gasteiger charge is -2.23. The molecule has 0 bridgehead atoms. The molecule has 0 unspecified atom stereocenters. The Balaban J connectivity index is 1.96. The Labute approximate surface area is 68.9 Å². The van der Waals surface area contributed by atoms with E-state index in [9.17, 15) is 0 Å². The van der Waals surface area contributed by atoms with Gasteiger partial charge in [-0.2, -0.15) is 7.05 Å². The van der Waals surface area contributed by atoms with E-state index in [0.29, 0.717) is 0 Å². The Bertz CT molecular complexity index is 89.3. The summed E-state index contributed by atoms with van der Waals surface area (Å²) in [5.74, 6) is 0. The average Bonchev–Trinajstić information content (AvgIpc) is 2.07. The van der Waals surface area contributed by atoms with Crippen molar-refractivity contribution in [2.75, 3.05) is 26.2 Å². The highest BCUT2D eigenvalue weighted by molar-refractivity contribution is 4.73. The van der Waals surface area contributed by atoms with Gasteiger partial charge < -0.3 is 16.0 Å². The zero-order valence-corrected chi connectivity index (χ0v) is 7.10. The van der Waals surface area contributed by atoms with E-state index in [-0.39, 0.29) is 0 Å². The predicted octanol–water partition coefficient (Wildman–Crippen LogP) is -1.32. The largest absolute Gasteiger partial charge is 0.478 e. The number of nitrogens with one attached hydrogen (secondary N) is 2. The van der Waals surface area contributed by atoms with Gasteiger partial charge >= 0.3 is 0 Å². The van der Waals surface area contributed by atoms with Gasteiger partial charge in [0.2, 0.25) is 0 Å². The second-order valence-corrected chi connectivity index (χ2v) is 3.06. The fraction of sp³-hybridized carbons (Fsp3) is 0.875. The standard InChI is InChI=1S/C8H19N3/c1-9-6-7-11-8-2-4-10-5-3-8/h8,10-11H,1-7,9H2. The summed E-state index contributed by atoms with van der Waals surface area (Å²) >= 11 is 0. The van der Waals surface area contributed by atoms with Crippen LogP contribution in [0.4, 0.5) is 0 Å². The molecule has 4 N–H and O–H groups in total. The monoisotopic (exact) mass is 157 g/mol. The van der Waals surface area contributed by atoms with Crippen molar-refractivity contribution in [1.29, 1.82) is 0 Å². The van der Waals surface area contributed by atoms with Gasteiger partial charge in [0.25, 0.3) is 0 Å². The Kier molecular flexibility index (Phi) is 4.50. The van der Waals surface area contributed by atoms with Crippen LogP contribution in [0.15, 0.2) is 0 Å². The van der Waals surface area contributed by atoms with Crippen molar-refractivity contribution in [3.05, 3.63) is 7.05 Å². The van der Waals surface area contributed by atoms with Crippen LogP contribution in [0.25, 0.3) is 0 Å². The molecule has 1 aliphatic heterocycles. The molecule has 0 amide bonds. The fourth-order valence-corrected chi connectivity index (χ4v) is 1.42. The van der Waals surface area contributed by atoms with Crippen LogP contribution in [-0.4, -0.2) is 32.2 Å². The van der Waals surface area contributed by atoms with Crippen LogP contribution in [-0.2, 0) is 0 Å². The maximum atomic E-state index is 3.69. The van der Waals surface area contributed by atoms with E-state index in [1.165, 1.54) is 25.9 Å². The van der Waals surface area contributed by atoms with E-state index in [2.05, 4.69) is 17.7 Å². The third-order valence-corrected chi connectivity index (χ3v) is 2.12. The zero-order valence-electron chi connectivity index (χ0n) is 7.10. The lowest BCUT2D eigenvalue weighted by Crippen LogP contribution is -2.78. The normalized spacial score (nSPS) is 20.5. The maximum Gasteiger partial charge on any atom is 0.0642 e. The topological polar surface area (TPSA) is 40.7 Å². The lowest BCUT2D eigenvalue weighted by molar-refractivity contribution is -0.593. The van der Waals surface area contributed by atoms with Crippen molar-refractivity contribution >= 4 is 0 Å². The van der Waals surface area contributed by atoms with Crippen molar-refractivity contribution < 1.29 is 5.32 Å². The first kappa shape index (κ1) is 8.97. The molecule has 0 aromatic heterocycles. The summed E-state index contributed by atoms with van der Waals surface area (Å²) in [6.45, 7) is 4.52. The summed E-state index contributed by atoms with van der Waals surface area (Å²) in [5.41, 5.74) is 0. The maximum absolute atomic E-state index is 3.69. The fourth-order valence-electron chi connectivity index (χ4n) is 1.42. The third kappa shape index (κ3) is 3.70. The van der Waals surface area contributed by atoms with E-state index in [1.807, 2.05) is 5.32 Å². The smallest absolute Gasteiger partial charge is 0.0642 e. The summed E-state index contributed by atoms with van der Waals surface area (Å²) in [7, 11) is 3.69. The molecule has 1 aliphatic rings. The summed E-state index contributed by atoms with van der Waals surface area (Å²) in [5, 5.41) is 8.82. The molecule has 0 aromatic carbocycles. The van der Waals surface area contributed by atoms with Gasteiger partial charge in [-0.3, -0.25) is 0 Å². The lowest BCUT2D eigenvalue weighted by atomic mass is 10.1. The second-order valence-electron chi connectivity index (χ2n) is 3.06. The quantitative estimate of drug-likeness (QED) is 0.350. The van der Waals surface area contributed by atoms with Gasteiger partial charge in [-0.1, -0.05) is 0 Å². The van der Waals surface area contributed by atoms with Crippen molar-refractivity contribution in [3.63, 3.8) is 0 Å². The molecule has 0 saturated carbocycles. The van der Waals surface area contributed by atoms with Gasteiger partial charge in [-0.15, -0.1) is 0 Å². The average molecular weight is 157 g/mol. The molecule has 1 saturated heterocycles. The molecule has 3 nitrogen and oxygen atoms in total. The molecule has 3 heteroatoms. The Hall–Kier alpha value is -0.120. The number of piperidine rings is 1. The minimum absolute atomic E-state index is 0.746. The summed E-state index contributed by atoms with van der Waals surface area (Å²) in [6.07, 6.45) is 2.55. The minimum atomic E-state index is 0.746. The first-order valence-electron chi connectivity index (χ1n) is 4.48. The van der Waals surface area contributed by atoms with Crippen LogP contribution in [0.2, 0.25) is 0 Å². The van der Waals surface area contributed by atoms with Gasteiger partial charge in [0.1, 0.15) is 0 Å². The third-order valence-electron chi connectivity index (χ3n) is 2.12. The molecule has 1 rings (SSSR count). The predicted molar refractivity (Wildman–Crippen MR) is 46.0 cm³/mol. The van der Waals surface area contributed by atoms with Crippen LogP contribution in [0, 0.1) is 7.05 Å². The van der Waals surface area contributed by atoms with E-state index >= 15 is 0 Å². The van der Waals surface area contributed by atoms with E-state index < -0.39 is 0 Å². The molecule has 0 spiro atoms. The van der Waals surface area contributed by atoms with E-state index in [4.69, 9.17) is 0 Å².